The van der Waals surface area contributed by atoms with Crippen molar-refractivity contribution in [3.8, 4) is 5.75 Å². The molecule has 0 unspecified atom stereocenters. The lowest BCUT2D eigenvalue weighted by atomic mass is 10.1. The van der Waals surface area contributed by atoms with Gasteiger partial charge in [0.05, 0.1) is 12.4 Å². The molecule has 0 spiro atoms. The van der Waals surface area contributed by atoms with Crippen molar-refractivity contribution in [3.63, 3.8) is 0 Å². The zero-order valence-corrected chi connectivity index (χ0v) is 16.6. The van der Waals surface area contributed by atoms with Crippen LogP contribution in [-0.4, -0.2) is 26.9 Å². The van der Waals surface area contributed by atoms with Crippen LogP contribution in [0.25, 0.3) is 0 Å². The molecular formula is C19H20ClNO5S. The summed E-state index contributed by atoms with van der Waals surface area (Å²) in [5.74, 6) is -1.08. The van der Waals surface area contributed by atoms with E-state index in [1.165, 1.54) is 0 Å². The predicted octanol–water partition coefficient (Wildman–Crippen LogP) is 3.38. The molecule has 6 nitrogen and oxygen atoms in total. The number of carbonyl (C=O) groups is 1. The number of amides is 1. The van der Waals surface area contributed by atoms with Crippen LogP contribution in [0, 0.1) is 13.8 Å². The van der Waals surface area contributed by atoms with Crippen molar-refractivity contribution < 1.29 is 22.7 Å². The maximum Gasteiger partial charge on any atom is 0.239 e. The van der Waals surface area contributed by atoms with Gasteiger partial charge in [-0.15, -0.1) is 0 Å². The van der Waals surface area contributed by atoms with Gasteiger partial charge in [0.2, 0.25) is 5.91 Å². The number of nitrogens with one attached hydrogen (secondary N) is 1. The van der Waals surface area contributed by atoms with E-state index >= 15 is 0 Å². The normalized spacial score (nSPS) is 13.6. The van der Waals surface area contributed by atoms with Crippen molar-refractivity contribution in [2.75, 3.05) is 17.9 Å². The van der Waals surface area contributed by atoms with E-state index in [1.54, 1.807) is 18.2 Å². The first-order valence-electron chi connectivity index (χ1n) is 8.33. The standard InChI is InChI=1S/C19H20ClNO5S/c1-12-4-3-5-17(13(12)2)21-18(22)10-27(23,24)9-15-7-16(20)6-14-8-25-11-26-19(14)15/h3-7H,8-11H2,1-2H3,(H,21,22). The summed E-state index contributed by atoms with van der Waals surface area (Å²) in [5.41, 5.74) is 3.65. The van der Waals surface area contributed by atoms with Crippen LogP contribution in [0.15, 0.2) is 30.3 Å². The summed E-state index contributed by atoms with van der Waals surface area (Å²) in [7, 11) is -3.72. The van der Waals surface area contributed by atoms with Gasteiger partial charge in [-0.25, -0.2) is 8.42 Å². The summed E-state index contributed by atoms with van der Waals surface area (Å²) in [5, 5.41) is 3.07. The first kappa shape index (κ1) is 19.7. The summed E-state index contributed by atoms with van der Waals surface area (Å²) >= 11 is 6.07. The molecule has 1 aliphatic heterocycles. The number of ether oxygens (including phenoxy) is 2. The summed E-state index contributed by atoms with van der Waals surface area (Å²) < 4.78 is 35.8. The molecule has 1 N–H and O–H groups in total. The Kier molecular flexibility index (Phi) is 5.74. The van der Waals surface area contributed by atoms with Crippen LogP contribution in [-0.2, 0) is 31.7 Å². The molecule has 8 heteroatoms. The molecule has 0 bridgehead atoms. The highest BCUT2D eigenvalue weighted by molar-refractivity contribution is 7.91. The molecule has 2 aromatic rings. The maximum atomic E-state index is 12.6. The molecule has 27 heavy (non-hydrogen) atoms. The number of hydrogen-bond donors (Lipinski definition) is 1. The van der Waals surface area contributed by atoms with E-state index in [-0.39, 0.29) is 12.5 Å². The van der Waals surface area contributed by atoms with E-state index in [0.717, 1.165) is 11.1 Å². The Morgan fingerprint density at radius 3 is 2.81 bits per heavy atom. The molecule has 0 fully saturated rings. The number of sulfone groups is 1. The Bertz CT molecular complexity index is 988. The largest absolute Gasteiger partial charge is 0.467 e. The van der Waals surface area contributed by atoms with Gasteiger partial charge >= 0.3 is 0 Å². The Morgan fingerprint density at radius 2 is 2.04 bits per heavy atom. The van der Waals surface area contributed by atoms with Crippen molar-refractivity contribution in [2.24, 2.45) is 0 Å². The van der Waals surface area contributed by atoms with E-state index < -0.39 is 21.5 Å². The van der Waals surface area contributed by atoms with Gasteiger partial charge in [0.15, 0.2) is 16.6 Å². The number of anilines is 1. The second-order valence-corrected chi connectivity index (χ2v) is 8.99. The Balaban J connectivity index is 1.75. The molecule has 1 heterocycles. The molecule has 0 aromatic heterocycles. The third kappa shape index (κ3) is 4.80. The Hall–Kier alpha value is -2.09. The maximum absolute atomic E-state index is 12.6. The van der Waals surface area contributed by atoms with Crippen LogP contribution in [0.3, 0.4) is 0 Å². The number of halogens is 1. The SMILES string of the molecule is Cc1cccc(NC(=O)CS(=O)(=O)Cc2cc(Cl)cc3c2OCOC3)c1C. The average molecular weight is 410 g/mol. The lowest BCUT2D eigenvalue weighted by Gasteiger charge is -2.21. The quantitative estimate of drug-likeness (QED) is 0.818. The Morgan fingerprint density at radius 1 is 1.26 bits per heavy atom. The lowest BCUT2D eigenvalue weighted by molar-refractivity contribution is -0.113. The summed E-state index contributed by atoms with van der Waals surface area (Å²) in [6.45, 7) is 4.15. The van der Waals surface area contributed by atoms with E-state index in [9.17, 15) is 13.2 Å². The minimum atomic E-state index is -3.72. The van der Waals surface area contributed by atoms with E-state index in [2.05, 4.69) is 5.32 Å². The van der Waals surface area contributed by atoms with Gasteiger partial charge in [-0.05, 0) is 43.2 Å². The van der Waals surface area contributed by atoms with E-state index in [0.29, 0.717) is 34.2 Å². The summed E-state index contributed by atoms with van der Waals surface area (Å²) in [6, 6.07) is 8.71. The van der Waals surface area contributed by atoms with Gasteiger partial charge < -0.3 is 14.8 Å². The fourth-order valence-electron chi connectivity index (χ4n) is 2.92. The van der Waals surface area contributed by atoms with Crippen molar-refractivity contribution in [1.29, 1.82) is 0 Å². The Labute approximate surface area is 163 Å². The zero-order valence-electron chi connectivity index (χ0n) is 15.0. The van der Waals surface area contributed by atoms with Crippen molar-refractivity contribution in [1.82, 2.24) is 0 Å². The van der Waals surface area contributed by atoms with Gasteiger partial charge in [-0.3, -0.25) is 4.79 Å². The monoisotopic (exact) mass is 409 g/mol. The van der Waals surface area contributed by atoms with Crippen LogP contribution in [0.1, 0.15) is 22.3 Å². The van der Waals surface area contributed by atoms with Gasteiger partial charge in [0.25, 0.3) is 0 Å². The highest BCUT2D eigenvalue weighted by Crippen LogP contribution is 2.33. The molecule has 0 saturated carbocycles. The van der Waals surface area contributed by atoms with Gasteiger partial charge in [-0.2, -0.15) is 0 Å². The fourth-order valence-corrected chi connectivity index (χ4v) is 4.45. The molecule has 1 aliphatic rings. The van der Waals surface area contributed by atoms with Crippen LogP contribution < -0.4 is 10.1 Å². The summed E-state index contributed by atoms with van der Waals surface area (Å²) in [4.78, 5) is 12.3. The molecule has 0 saturated heterocycles. The topological polar surface area (TPSA) is 81.7 Å². The minimum absolute atomic E-state index is 0.0504. The van der Waals surface area contributed by atoms with Gasteiger partial charge in [-0.1, -0.05) is 23.7 Å². The molecule has 1 amide bonds. The number of hydrogen-bond acceptors (Lipinski definition) is 5. The second-order valence-electron chi connectivity index (χ2n) is 6.49. The van der Waals surface area contributed by atoms with Crippen molar-refractivity contribution >= 4 is 33.0 Å². The summed E-state index contributed by atoms with van der Waals surface area (Å²) in [6.07, 6.45) is 0. The first-order chi connectivity index (χ1) is 12.7. The highest BCUT2D eigenvalue weighted by atomic mass is 35.5. The predicted molar refractivity (Wildman–Crippen MR) is 104 cm³/mol. The van der Waals surface area contributed by atoms with E-state index in [1.807, 2.05) is 26.0 Å². The second kappa shape index (κ2) is 7.88. The molecule has 0 radical (unpaired) electrons. The van der Waals surface area contributed by atoms with E-state index in [4.69, 9.17) is 21.1 Å². The lowest BCUT2D eigenvalue weighted by Crippen LogP contribution is -2.25. The number of benzene rings is 2. The smallest absolute Gasteiger partial charge is 0.239 e. The number of fused-ring (bicyclic) bond motifs is 1. The molecule has 0 aliphatic carbocycles. The minimum Gasteiger partial charge on any atom is -0.467 e. The van der Waals surface area contributed by atoms with Gasteiger partial charge in [0.1, 0.15) is 11.5 Å². The molecule has 0 atom stereocenters. The molecule has 3 rings (SSSR count). The van der Waals surface area contributed by atoms with Crippen LogP contribution in [0.4, 0.5) is 5.69 Å². The number of carbonyl (C=O) groups excluding carboxylic acids is 1. The average Bonchev–Trinajstić information content (AvgIpc) is 2.58. The van der Waals surface area contributed by atoms with Crippen LogP contribution in [0.5, 0.6) is 5.75 Å². The zero-order chi connectivity index (χ0) is 19.6. The molecule has 2 aromatic carbocycles. The third-order valence-electron chi connectivity index (χ3n) is 4.36. The van der Waals surface area contributed by atoms with Crippen LogP contribution in [0.2, 0.25) is 5.02 Å². The number of rotatable bonds is 5. The third-order valence-corrected chi connectivity index (χ3v) is 6.03. The molecular weight excluding hydrogens is 390 g/mol. The van der Waals surface area contributed by atoms with Gasteiger partial charge in [0, 0.05) is 21.8 Å². The van der Waals surface area contributed by atoms with Crippen LogP contribution >= 0.6 is 11.6 Å². The number of aryl methyl sites for hydroxylation is 1. The fraction of sp³-hybridized carbons (Fsp3) is 0.316. The first-order valence-corrected chi connectivity index (χ1v) is 10.5. The van der Waals surface area contributed by atoms with Crippen molar-refractivity contribution in [3.05, 3.63) is 57.6 Å². The highest BCUT2D eigenvalue weighted by Gasteiger charge is 2.23. The van der Waals surface area contributed by atoms with Crippen molar-refractivity contribution in [2.45, 2.75) is 26.2 Å². The molecule has 144 valence electrons.